The minimum absolute atomic E-state index is 0.260. The molecule has 1 amide bonds. The molecule has 1 aromatic rings. The summed E-state index contributed by atoms with van der Waals surface area (Å²) in [6, 6.07) is 1.77. The van der Waals surface area contributed by atoms with Crippen molar-refractivity contribution in [2.24, 2.45) is 5.92 Å². The van der Waals surface area contributed by atoms with E-state index < -0.39 is 29.0 Å². The molecule has 7 heteroatoms. The molecule has 0 fully saturated rings. The van der Waals surface area contributed by atoms with E-state index in [0.717, 1.165) is 6.42 Å². The molecule has 2 nitrogen and oxygen atoms in total. The topological polar surface area (TPSA) is 29.1 Å². The molecule has 0 aromatic heterocycles. The van der Waals surface area contributed by atoms with Crippen molar-refractivity contribution in [3.8, 4) is 0 Å². The van der Waals surface area contributed by atoms with Gasteiger partial charge >= 0.3 is 6.18 Å². The van der Waals surface area contributed by atoms with Crippen LogP contribution in [0.2, 0.25) is 0 Å². The van der Waals surface area contributed by atoms with E-state index in [1.807, 2.05) is 6.92 Å². The number of carbonyl (C=O) groups excluding carboxylic acids is 1. The largest absolute Gasteiger partial charge is 0.416 e. The lowest BCUT2D eigenvalue weighted by Gasteiger charge is -2.11. The van der Waals surface area contributed by atoms with Gasteiger partial charge in [0.15, 0.2) is 0 Å². The molecule has 0 heterocycles. The second kappa shape index (κ2) is 7.64. The second-order valence-electron chi connectivity index (χ2n) is 4.85. The van der Waals surface area contributed by atoms with Gasteiger partial charge in [-0.1, -0.05) is 6.92 Å². The van der Waals surface area contributed by atoms with Crippen LogP contribution in [-0.2, 0) is 6.18 Å². The normalized spacial score (nSPS) is 13.0. The van der Waals surface area contributed by atoms with Crippen molar-refractivity contribution in [1.82, 2.24) is 5.32 Å². The van der Waals surface area contributed by atoms with Gasteiger partial charge in [0.2, 0.25) is 0 Å². The molecule has 1 unspecified atom stereocenters. The Balaban J connectivity index is 2.65. The van der Waals surface area contributed by atoms with Crippen LogP contribution in [0.15, 0.2) is 18.2 Å². The molecular formula is C14H16ClF4NO. The molecule has 0 spiro atoms. The van der Waals surface area contributed by atoms with Crippen LogP contribution in [0.25, 0.3) is 0 Å². The summed E-state index contributed by atoms with van der Waals surface area (Å²) in [6.45, 7) is 2.21. The van der Waals surface area contributed by atoms with Gasteiger partial charge in [-0.15, -0.1) is 11.6 Å². The number of halogens is 5. The van der Waals surface area contributed by atoms with Crippen LogP contribution in [0.1, 0.15) is 35.7 Å². The first kappa shape index (κ1) is 17.8. The molecule has 0 radical (unpaired) electrons. The van der Waals surface area contributed by atoms with E-state index in [1.54, 1.807) is 0 Å². The highest BCUT2D eigenvalue weighted by Gasteiger charge is 2.31. The fraction of sp³-hybridized carbons (Fsp3) is 0.500. The van der Waals surface area contributed by atoms with Gasteiger partial charge in [0, 0.05) is 12.4 Å². The minimum atomic E-state index is -4.61. The Morgan fingerprint density at radius 1 is 1.38 bits per heavy atom. The zero-order valence-corrected chi connectivity index (χ0v) is 12.2. The van der Waals surface area contributed by atoms with Crippen molar-refractivity contribution in [3.63, 3.8) is 0 Å². The highest BCUT2D eigenvalue weighted by atomic mass is 35.5. The number of nitrogens with one attached hydrogen (secondary N) is 1. The third kappa shape index (κ3) is 5.53. The number of amides is 1. The Bertz CT molecular complexity index is 490. The van der Waals surface area contributed by atoms with Gasteiger partial charge in [-0.25, -0.2) is 4.39 Å². The van der Waals surface area contributed by atoms with Gasteiger partial charge in [-0.3, -0.25) is 4.79 Å². The van der Waals surface area contributed by atoms with Crippen molar-refractivity contribution >= 4 is 17.5 Å². The Morgan fingerprint density at radius 3 is 2.62 bits per heavy atom. The average molecular weight is 326 g/mol. The Morgan fingerprint density at radius 2 is 2.05 bits per heavy atom. The molecule has 118 valence electrons. The van der Waals surface area contributed by atoms with E-state index in [1.165, 1.54) is 0 Å². The summed E-state index contributed by atoms with van der Waals surface area (Å²) in [6.07, 6.45) is -3.21. The molecule has 0 bridgehead atoms. The summed E-state index contributed by atoms with van der Waals surface area (Å²) in [7, 11) is 0. The lowest BCUT2D eigenvalue weighted by atomic mass is 10.1. The van der Waals surface area contributed by atoms with Crippen LogP contribution in [0.5, 0.6) is 0 Å². The predicted octanol–water partition coefficient (Wildman–Crippen LogP) is 4.23. The van der Waals surface area contributed by atoms with Crippen LogP contribution < -0.4 is 5.32 Å². The second-order valence-corrected chi connectivity index (χ2v) is 5.16. The molecule has 0 aliphatic rings. The lowest BCUT2D eigenvalue weighted by Crippen LogP contribution is -2.26. The first-order chi connectivity index (χ1) is 9.75. The molecule has 1 aromatic carbocycles. The van der Waals surface area contributed by atoms with Gasteiger partial charge in [-0.2, -0.15) is 13.2 Å². The number of carbonyl (C=O) groups is 1. The van der Waals surface area contributed by atoms with Crippen molar-refractivity contribution < 1.29 is 22.4 Å². The fourth-order valence-corrected chi connectivity index (χ4v) is 1.85. The van der Waals surface area contributed by atoms with Crippen LogP contribution in [-0.4, -0.2) is 18.3 Å². The predicted molar refractivity (Wildman–Crippen MR) is 72.9 cm³/mol. The average Bonchev–Trinajstić information content (AvgIpc) is 2.42. The number of benzene rings is 1. The number of alkyl halides is 4. The van der Waals surface area contributed by atoms with E-state index in [-0.39, 0.29) is 12.5 Å². The van der Waals surface area contributed by atoms with E-state index >= 15 is 0 Å². The first-order valence-corrected chi connectivity index (χ1v) is 7.00. The summed E-state index contributed by atoms with van der Waals surface area (Å²) < 4.78 is 51.0. The van der Waals surface area contributed by atoms with Gasteiger partial charge < -0.3 is 5.32 Å². The van der Waals surface area contributed by atoms with Gasteiger partial charge in [-0.05, 0) is 37.0 Å². The maximum absolute atomic E-state index is 13.5. The summed E-state index contributed by atoms with van der Waals surface area (Å²) in [5.41, 5.74) is -1.65. The monoisotopic (exact) mass is 325 g/mol. The third-order valence-electron chi connectivity index (χ3n) is 2.96. The zero-order chi connectivity index (χ0) is 16.0. The van der Waals surface area contributed by atoms with Crippen molar-refractivity contribution in [1.29, 1.82) is 0 Å². The van der Waals surface area contributed by atoms with Gasteiger partial charge in [0.25, 0.3) is 5.91 Å². The SMILES string of the molecule is CC(CCl)CCCNC(=O)c1cc(C(F)(F)F)ccc1F. The highest BCUT2D eigenvalue weighted by molar-refractivity contribution is 6.18. The van der Waals surface area contributed by atoms with E-state index in [2.05, 4.69) is 5.32 Å². The first-order valence-electron chi connectivity index (χ1n) is 6.46. The number of rotatable bonds is 6. The van der Waals surface area contributed by atoms with Crippen molar-refractivity contribution in [2.45, 2.75) is 25.9 Å². The quantitative estimate of drug-likeness (QED) is 0.473. The van der Waals surface area contributed by atoms with E-state index in [4.69, 9.17) is 11.6 Å². The Hall–Kier alpha value is -1.30. The molecule has 0 saturated heterocycles. The summed E-state index contributed by atoms with van der Waals surface area (Å²) >= 11 is 5.63. The summed E-state index contributed by atoms with van der Waals surface area (Å²) in [5, 5.41) is 2.41. The molecule has 1 atom stereocenters. The molecule has 21 heavy (non-hydrogen) atoms. The maximum Gasteiger partial charge on any atom is 0.416 e. The van der Waals surface area contributed by atoms with E-state index in [9.17, 15) is 22.4 Å². The Kier molecular flexibility index (Phi) is 6.45. The summed E-state index contributed by atoms with van der Waals surface area (Å²) in [5.74, 6) is -1.04. The maximum atomic E-state index is 13.5. The van der Waals surface area contributed by atoms with Gasteiger partial charge in [0.05, 0.1) is 11.1 Å². The third-order valence-corrected chi connectivity index (χ3v) is 3.49. The van der Waals surface area contributed by atoms with Crippen molar-refractivity contribution in [2.75, 3.05) is 12.4 Å². The lowest BCUT2D eigenvalue weighted by molar-refractivity contribution is -0.137. The number of hydrogen-bond donors (Lipinski definition) is 1. The highest BCUT2D eigenvalue weighted by Crippen LogP contribution is 2.30. The van der Waals surface area contributed by atoms with Gasteiger partial charge in [0.1, 0.15) is 5.82 Å². The number of hydrogen-bond acceptors (Lipinski definition) is 1. The standard InChI is InChI=1S/C14H16ClF4NO/c1-9(8-15)3-2-6-20-13(21)11-7-10(14(17,18)19)4-5-12(11)16/h4-5,7,9H,2-3,6,8H2,1H3,(H,20,21). The van der Waals surface area contributed by atoms with E-state index in [0.29, 0.717) is 30.5 Å². The van der Waals surface area contributed by atoms with Crippen molar-refractivity contribution in [3.05, 3.63) is 35.1 Å². The van der Waals surface area contributed by atoms with Crippen LogP contribution in [0.3, 0.4) is 0 Å². The van der Waals surface area contributed by atoms with Crippen LogP contribution in [0, 0.1) is 11.7 Å². The molecule has 0 aliphatic heterocycles. The van der Waals surface area contributed by atoms with Crippen LogP contribution >= 0.6 is 11.6 Å². The Labute approximate surface area is 125 Å². The minimum Gasteiger partial charge on any atom is -0.352 e. The molecule has 1 rings (SSSR count). The molecule has 0 aliphatic carbocycles. The molecule has 0 saturated carbocycles. The molecule has 1 N–H and O–H groups in total. The zero-order valence-electron chi connectivity index (χ0n) is 11.4. The fourth-order valence-electron chi connectivity index (χ4n) is 1.70. The van der Waals surface area contributed by atoms with Crippen LogP contribution in [0.4, 0.5) is 17.6 Å². The summed E-state index contributed by atoms with van der Waals surface area (Å²) in [4.78, 5) is 11.7. The smallest absolute Gasteiger partial charge is 0.352 e. The molecular weight excluding hydrogens is 310 g/mol.